The van der Waals surface area contributed by atoms with Crippen LogP contribution in [0.25, 0.3) is 16.6 Å². The first-order chi connectivity index (χ1) is 15.1. The molecule has 0 bridgehead atoms. The highest BCUT2D eigenvalue weighted by Crippen LogP contribution is 2.42. The van der Waals surface area contributed by atoms with Gasteiger partial charge >= 0.3 is 0 Å². The monoisotopic (exact) mass is 445 g/mol. The Labute approximate surface area is 188 Å². The third-order valence-electron chi connectivity index (χ3n) is 5.93. The summed E-state index contributed by atoms with van der Waals surface area (Å²) in [6, 6.07) is 6.03. The number of carbonyl (C=O) groups excluding carboxylic acids is 1. The standard InChI is InChI=1S/C25H33F2N3O2/c1-17(2)12-21(14-29(4)16-31)20-6-7-22-23(13-20)30(18(3)15-32-5)24(28-22)19-8-10-25(26,27)11-9-19/h6-7,12-14,16,18-19H,8-11,15H2,1-5H3/b21-14+/t18-/m0/s1. The molecular weight excluding hydrogens is 412 g/mol. The van der Waals surface area contributed by atoms with Gasteiger partial charge in [-0.25, -0.2) is 13.8 Å². The molecule has 1 fully saturated rings. The van der Waals surface area contributed by atoms with Crippen LogP contribution in [0.4, 0.5) is 8.78 Å². The molecule has 1 heterocycles. The molecule has 1 amide bonds. The molecule has 0 N–H and O–H groups in total. The van der Waals surface area contributed by atoms with Gasteiger partial charge in [-0.15, -0.1) is 0 Å². The van der Waals surface area contributed by atoms with E-state index < -0.39 is 5.92 Å². The summed E-state index contributed by atoms with van der Waals surface area (Å²) in [5.74, 6) is -1.72. The summed E-state index contributed by atoms with van der Waals surface area (Å²) < 4.78 is 35.1. The summed E-state index contributed by atoms with van der Waals surface area (Å²) in [5, 5.41) is 0. The van der Waals surface area contributed by atoms with Gasteiger partial charge in [0.1, 0.15) is 5.82 Å². The summed E-state index contributed by atoms with van der Waals surface area (Å²) >= 11 is 0. The minimum atomic E-state index is -2.58. The van der Waals surface area contributed by atoms with Crippen LogP contribution >= 0.6 is 0 Å². The molecule has 1 saturated carbocycles. The highest BCUT2D eigenvalue weighted by atomic mass is 19.3. The highest BCUT2D eigenvalue weighted by molar-refractivity contribution is 5.85. The number of hydrogen-bond acceptors (Lipinski definition) is 3. The predicted octanol–water partition coefficient (Wildman–Crippen LogP) is 5.93. The average molecular weight is 446 g/mol. The van der Waals surface area contributed by atoms with Gasteiger partial charge in [0, 0.05) is 39.1 Å². The van der Waals surface area contributed by atoms with Crippen molar-refractivity contribution in [3.63, 3.8) is 0 Å². The van der Waals surface area contributed by atoms with Crippen LogP contribution in [0.15, 0.2) is 36.0 Å². The van der Waals surface area contributed by atoms with Crippen LogP contribution in [0, 0.1) is 0 Å². The minimum absolute atomic E-state index is 0.00114. The molecule has 1 aliphatic carbocycles. The predicted molar refractivity (Wildman–Crippen MR) is 124 cm³/mol. The molecule has 1 aliphatic rings. The second kappa shape index (κ2) is 9.94. The number of nitrogens with zero attached hydrogens (tertiary/aromatic N) is 3. The van der Waals surface area contributed by atoms with Crippen molar-refractivity contribution in [3.05, 3.63) is 47.4 Å². The van der Waals surface area contributed by atoms with Gasteiger partial charge in [-0.05, 0) is 56.9 Å². The fraction of sp³-hybridized carbons (Fsp3) is 0.520. The molecule has 0 unspecified atom stereocenters. The first-order valence-electron chi connectivity index (χ1n) is 11.1. The van der Waals surface area contributed by atoms with Gasteiger partial charge < -0.3 is 14.2 Å². The van der Waals surface area contributed by atoms with Gasteiger partial charge in [-0.2, -0.15) is 0 Å². The third kappa shape index (κ3) is 5.44. The van der Waals surface area contributed by atoms with Gasteiger partial charge in [0.2, 0.25) is 12.3 Å². The van der Waals surface area contributed by atoms with E-state index in [0.29, 0.717) is 19.4 Å². The normalized spacial score (nSPS) is 17.9. The number of benzene rings is 1. The fourth-order valence-corrected chi connectivity index (χ4v) is 4.41. The molecule has 0 spiro atoms. The van der Waals surface area contributed by atoms with Crippen molar-refractivity contribution in [3.8, 4) is 0 Å². The fourth-order valence-electron chi connectivity index (χ4n) is 4.41. The van der Waals surface area contributed by atoms with Crippen LogP contribution in [0.1, 0.15) is 69.8 Å². The number of carbonyl (C=O) groups is 1. The summed E-state index contributed by atoms with van der Waals surface area (Å²) in [6.07, 6.45) is 5.24. The Bertz CT molecular complexity index is 1010. The van der Waals surface area contributed by atoms with E-state index in [4.69, 9.17) is 9.72 Å². The van der Waals surface area contributed by atoms with E-state index in [9.17, 15) is 13.6 Å². The number of imidazole rings is 1. The number of hydrogen-bond donors (Lipinski definition) is 0. The number of aromatic nitrogens is 2. The van der Waals surface area contributed by atoms with Crippen molar-refractivity contribution < 1.29 is 18.3 Å². The first-order valence-corrected chi connectivity index (χ1v) is 11.1. The van der Waals surface area contributed by atoms with Crippen molar-refractivity contribution in [1.29, 1.82) is 0 Å². The maximum atomic E-state index is 13.8. The lowest BCUT2D eigenvalue weighted by Gasteiger charge is -2.29. The molecular formula is C25H33F2N3O2. The van der Waals surface area contributed by atoms with Crippen LogP contribution in [0.2, 0.25) is 0 Å². The second-order valence-electron chi connectivity index (χ2n) is 9.06. The van der Waals surface area contributed by atoms with Gasteiger partial charge in [0.25, 0.3) is 0 Å². The van der Waals surface area contributed by atoms with E-state index in [2.05, 4.69) is 17.6 Å². The summed E-state index contributed by atoms with van der Waals surface area (Å²) in [4.78, 5) is 17.6. The molecule has 0 saturated heterocycles. The number of methoxy groups -OCH3 is 1. The number of ether oxygens (including phenoxy) is 1. The number of fused-ring (bicyclic) bond motifs is 1. The average Bonchev–Trinajstić information content (AvgIpc) is 3.11. The number of alkyl halides is 2. The maximum absolute atomic E-state index is 13.8. The first kappa shape index (κ1) is 24.1. The zero-order valence-corrected chi connectivity index (χ0v) is 19.6. The van der Waals surface area contributed by atoms with Crippen molar-refractivity contribution in [1.82, 2.24) is 14.5 Å². The molecule has 5 nitrogen and oxygen atoms in total. The summed E-state index contributed by atoms with van der Waals surface area (Å²) in [6.45, 7) is 6.58. The van der Waals surface area contributed by atoms with Crippen molar-refractivity contribution in [2.75, 3.05) is 20.8 Å². The van der Waals surface area contributed by atoms with E-state index in [1.54, 1.807) is 20.4 Å². The number of amides is 1. The highest BCUT2D eigenvalue weighted by Gasteiger charge is 2.37. The molecule has 1 aromatic heterocycles. The Morgan fingerprint density at radius 3 is 2.62 bits per heavy atom. The van der Waals surface area contributed by atoms with E-state index in [1.165, 1.54) is 4.90 Å². The van der Waals surface area contributed by atoms with Crippen LogP contribution in [0.3, 0.4) is 0 Å². The van der Waals surface area contributed by atoms with Crippen molar-refractivity contribution in [2.24, 2.45) is 0 Å². The summed E-state index contributed by atoms with van der Waals surface area (Å²) in [5.41, 5.74) is 4.76. The Hall–Kier alpha value is -2.54. The molecule has 174 valence electrons. The lowest BCUT2D eigenvalue weighted by molar-refractivity contribution is -0.114. The van der Waals surface area contributed by atoms with Crippen molar-refractivity contribution >= 4 is 23.0 Å². The molecule has 0 aliphatic heterocycles. The number of allylic oxidation sites excluding steroid dienone is 3. The zero-order valence-electron chi connectivity index (χ0n) is 19.6. The SMILES string of the molecule is COC[C@H](C)n1c(C2CCC(F)(F)CC2)nc2ccc(/C(C=C(C)C)=C/N(C)C=O)cc21. The van der Waals surface area contributed by atoms with Crippen LogP contribution in [-0.4, -0.2) is 47.5 Å². The van der Waals surface area contributed by atoms with Crippen LogP contribution in [-0.2, 0) is 9.53 Å². The van der Waals surface area contributed by atoms with Crippen LogP contribution in [0.5, 0.6) is 0 Å². The molecule has 0 radical (unpaired) electrons. The Balaban J connectivity index is 2.13. The van der Waals surface area contributed by atoms with E-state index >= 15 is 0 Å². The molecule has 2 aromatic rings. The van der Waals surface area contributed by atoms with Crippen LogP contribution < -0.4 is 0 Å². The van der Waals surface area contributed by atoms with E-state index in [0.717, 1.165) is 40.0 Å². The molecule has 1 aromatic carbocycles. The van der Waals surface area contributed by atoms with E-state index in [1.807, 2.05) is 32.1 Å². The van der Waals surface area contributed by atoms with Crippen molar-refractivity contribution in [2.45, 2.75) is 64.3 Å². The van der Waals surface area contributed by atoms with Gasteiger partial charge in [-0.3, -0.25) is 4.79 Å². The Morgan fingerprint density at radius 1 is 1.34 bits per heavy atom. The second-order valence-corrected chi connectivity index (χ2v) is 9.06. The largest absolute Gasteiger partial charge is 0.383 e. The number of halogens is 2. The quantitative estimate of drug-likeness (QED) is 0.374. The minimum Gasteiger partial charge on any atom is -0.383 e. The molecule has 7 heteroatoms. The zero-order chi connectivity index (χ0) is 23.5. The molecule has 32 heavy (non-hydrogen) atoms. The van der Waals surface area contributed by atoms with Gasteiger partial charge in [0.15, 0.2) is 0 Å². The van der Waals surface area contributed by atoms with Gasteiger partial charge in [0.05, 0.1) is 23.7 Å². The van der Waals surface area contributed by atoms with Gasteiger partial charge in [-0.1, -0.05) is 17.7 Å². The Morgan fingerprint density at radius 2 is 2.03 bits per heavy atom. The Kier molecular flexibility index (Phi) is 7.49. The third-order valence-corrected chi connectivity index (χ3v) is 5.93. The maximum Gasteiger partial charge on any atom is 0.248 e. The molecule has 3 rings (SSSR count). The topological polar surface area (TPSA) is 47.4 Å². The smallest absolute Gasteiger partial charge is 0.248 e. The number of rotatable bonds is 8. The summed E-state index contributed by atoms with van der Waals surface area (Å²) in [7, 11) is 3.36. The molecule has 1 atom stereocenters. The lowest BCUT2D eigenvalue weighted by Crippen LogP contribution is -2.26. The van der Waals surface area contributed by atoms with E-state index in [-0.39, 0.29) is 24.8 Å². The lowest BCUT2D eigenvalue weighted by atomic mass is 9.86.